The molecule has 262 valence electrons. The Morgan fingerprint density at radius 3 is 2.44 bits per heavy atom. The van der Waals surface area contributed by atoms with Crippen LogP contribution in [-0.4, -0.2) is 49.5 Å². The summed E-state index contributed by atoms with van der Waals surface area (Å²) in [5.41, 5.74) is 10.4. The number of hydrazone groups is 1. The fourth-order valence-electron chi connectivity index (χ4n) is 9.47. The summed E-state index contributed by atoms with van der Waals surface area (Å²) >= 11 is 4.66. The van der Waals surface area contributed by atoms with E-state index in [-0.39, 0.29) is 29.8 Å². The summed E-state index contributed by atoms with van der Waals surface area (Å²) in [6.45, 7) is 26.6. The standard InChI is InChI=1S/C31H53NO3S.C4H8N2.C2H6.CH4/c1-21(2)22(3)28(4)11-12-30(6)26-8-7-24-23(27(18-36)35-16-14-32)17-34-20-29(24,5)25(26)9-10-31(30,19-28)13-15-33;1-3-5-6-4-2;1-2;/h9,13,15,21-24,26-27,33,36H,7-8,10-12,14,16-20,32H2,1-6H3;3-5H,1H2,2H3;1-2H3;1H4/b15-13+;6-4-;;/t22-,23-,24?,26?,27?,28+,29-,30?,31-;;;/m1.../s1. The highest BCUT2D eigenvalue weighted by Gasteiger charge is 2.64. The molecule has 1 saturated heterocycles. The van der Waals surface area contributed by atoms with Crippen molar-refractivity contribution in [3.05, 3.63) is 36.8 Å². The molecule has 9 atom stereocenters. The van der Waals surface area contributed by atoms with Gasteiger partial charge in [0.2, 0.25) is 0 Å². The summed E-state index contributed by atoms with van der Waals surface area (Å²) in [6, 6.07) is 0. The molecule has 4 N–H and O–H groups in total. The van der Waals surface area contributed by atoms with Gasteiger partial charge in [-0.15, -0.1) is 0 Å². The third-order valence-corrected chi connectivity index (χ3v) is 12.6. The Kier molecular flexibility index (Phi) is 17.0. The SMILES string of the molecule is C.C=CN/N=C\C.CC.CC(C)[C@@H](C)[C@@]1(C)CCC2(C)C3CCC4[C@H](C(CS)OCCN)COC[C@@]4(C)C3=CC[C@@]2(/C=C/O)C1. The van der Waals surface area contributed by atoms with Crippen molar-refractivity contribution in [3.8, 4) is 0 Å². The lowest BCUT2D eigenvalue weighted by molar-refractivity contribution is -0.151. The Balaban J connectivity index is 0.00000101. The number of nitrogens with two attached hydrogens (primary N) is 1. The van der Waals surface area contributed by atoms with Gasteiger partial charge in [-0.1, -0.05) is 81.0 Å². The first-order valence-corrected chi connectivity index (χ1v) is 17.9. The molecule has 45 heavy (non-hydrogen) atoms. The molecule has 1 heterocycles. The van der Waals surface area contributed by atoms with Crippen molar-refractivity contribution in [2.45, 2.75) is 114 Å². The zero-order valence-corrected chi connectivity index (χ0v) is 30.5. The van der Waals surface area contributed by atoms with Crippen molar-refractivity contribution in [3.63, 3.8) is 0 Å². The van der Waals surface area contributed by atoms with Gasteiger partial charge in [-0.3, -0.25) is 5.43 Å². The van der Waals surface area contributed by atoms with E-state index in [4.69, 9.17) is 15.2 Å². The van der Waals surface area contributed by atoms with E-state index in [1.165, 1.54) is 38.1 Å². The van der Waals surface area contributed by atoms with Gasteiger partial charge in [0.05, 0.1) is 32.2 Å². The first kappa shape index (κ1) is 41.7. The van der Waals surface area contributed by atoms with Crippen LogP contribution in [0.2, 0.25) is 0 Å². The van der Waals surface area contributed by atoms with Crippen LogP contribution in [0.5, 0.6) is 0 Å². The van der Waals surface area contributed by atoms with Crippen LogP contribution in [0.3, 0.4) is 0 Å². The van der Waals surface area contributed by atoms with Crippen LogP contribution in [0.15, 0.2) is 41.9 Å². The van der Waals surface area contributed by atoms with Gasteiger partial charge in [-0.25, -0.2) is 0 Å². The average molecular weight is 650 g/mol. The summed E-state index contributed by atoms with van der Waals surface area (Å²) in [4.78, 5) is 0. The number of rotatable bonds is 10. The van der Waals surface area contributed by atoms with E-state index in [0.29, 0.717) is 53.9 Å². The van der Waals surface area contributed by atoms with Gasteiger partial charge in [-0.2, -0.15) is 17.7 Å². The first-order valence-electron chi connectivity index (χ1n) is 17.3. The molecular formula is C38H71N3O3S. The zero-order chi connectivity index (χ0) is 33.2. The predicted molar refractivity (Wildman–Crippen MR) is 198 cm³/mol. The summed E-state index contributed by atoms with van der Waals surface area (Å²) in [5.74, 6) is 3.46. The molecule has 4 rings (SSSR count). The lowest BCUT2D eigenvalue weighted by atomic mass is 9.38. The number of aliphatic hydroxyl groups excluding tert-OH is 1. The van der Waals surface area contributed by atoms with Crippen molar-refractivity contribution in [1.29, 1.82) is 0 Å². The summed E-state index contributed by atoms with van der Waals surface area (Å²) in [7, 11) is 0. The highest BCUT2D eigenvalue weighted by Crippen LogP contribution is 2.71. The Morgan fingerprint density at radius 2 is 1.91 bits per heavy atom. The van der Waals surface area contributed by atoms with Gasteiger partial charge in [0.25, 0.3) is 0 Å². The monoisotopic (exact) mass is 650 g/mol. The van der Waals surface area contributed by atoms with Crippen molar-refractivity contribution in [1.82, 2.24) is 5.43 Å². The van der Waals surface area contributed by atoms with Crippen molar-refractivity contribution >= 4 is 18.8 Å². The van der Waals surface area contributed by atoms with Crippen LogP contribution in [0.4, 0.5) is 0 Å². The van der Waals surface area contributed by atoms with E-state index in [1.54, 1.807) is 11.8 Å². The van der Waals surface area contributed by atoms with E-state index >= 15 is 0 Å². The molecule has 1 aliphatic heterocycles. The van der Waals surface area contributed by atoms with Crippen LogP contribution < -0.4 is 11.2 Å². The minimum absolute atomic E-state index is 0. The maximum atomic E-state index is 10.2. The topological polar surface area (TPSA) is 89.1 Å². The van der Waals surface area contributed by atoms with E-state index in [9.17, 15) is 5.11 Å². The molecule has 0 amide bonds. The van der Waals surface area contributed by atoms with Crippen LogP contribution in [0.25, 0.3) is 0 Å². The molecular weight excluding hydrogens is 579 g/mol. The number of hydrogen-bond donors (Lipinski definition) is 4. The second-order valence-corrected chi connectivity index (χ2v) is 14.9. The second kappa shape index (κ2) is 18.3. The molecule has 6 nitrogen and oxygen atoms in total. The molecule has 3 fully saturated rings. The molecule has 0 aromatic heterocycles. The molecule has 0 radical (unpaired) electrons. The molecule has 3 aliphatic carbocycles. The molecule has 4 aliphatic rings. The minimum Gasteiger partial charge on any atom is -0.516 e. The lowest BCUT2D eigenvalue weighted by Gasteiger charge is -2.66. The second-order valence-electron chi connectivity index (χ2n) is 14.6. The van der Waals surface area contributed by atoms with Crippen LogP contribution in [0.1, 0.15) is 108 Å². The molecule has 2 saturated carbocycles. The molecule has 7 heteroatoms. The number of fused-ring (bicyclic) bond motifs is 5. The van der Waals surface area contributed by atoms with Crippen molar-refractivity contribution in [2.24, 2.45) is 62.1 Å². The van der Waals surface area contributed by atoms with Gasteiger partial charge in [0.1, 0.15) is 0 Å². The maximum Gasteiger partial charge on any atom is 0.0757 e. The molecule has 4 unspecified atom stereocenters. The molecule has 0 aromatic rings. The largest absolute Gasteiger partial charge is 0.516 e. The number of allylic oxidation sites excluding steroid dienone is 2. The lowest BCUT2D eigenvalue weighted by Crippen LogP contribution is -2.60. The van der Waals surface area contributed by atoms with Crippen LogP contribution in [0, 0.1) is 51.2 Å². The fraction of sp³-hybridized carbons (Fsp3) is 0.816. The number of hydrogen-bond acceptors (Lipinski definition) is 7. The Bertz CT molecular complexity index is 985. The minimum atomic E-state index is 0. The summed E-state index contributed by atoms with van der Waals surface area (Å²) in [5, 5.41) is 13.8. The molecule has 0 spiro atoms. The predicted octanol–water partition coefficient (Wildman–Crippen LogP) is 9.20. The van der Waals surface area contributed by atoms with Crippen LogP contribution in [-0.2, 0) is 9.47 Å². The number of nitrogens with one attached hydrogen (secondary N) is 1. The first-order chi connectivity index (χ1) is 20.9. The third-order valence-electron chi connectivity index (χ3n) is 12.3. The summed E-state index contributed by atoms with van der Waals surface area (Å²) < 4.78 is 12.5. The van der Waals surface area contributed by atoms with Gasteiger partial charge in [0, 0.05) is 41.5 Å². The number of nitrogens with zero attached hydrogens (tertiary/aromatic N) is 1. The zero-order valence-electron chi connectivity index (χ0n) is 29.6. The molecule has 0 bridgehead atoms. The normalized spacial score (nSPS) is 36.9. The average Bonchev–Trinajstić information content (AvgIpc) is 3.01. The van der Waals surface area contributed by atoms with Gasteiger partial charge in [-0.05, 0) is 86.0 Å². The molecule has 0 aromatic carbocycles. The quantitative estimate of drug-likeness (QED) is 0.0623. The van der Waals surface area contributed by atoms with Gasteiger partial charge in [0.15, 0.2) is 0 Å². The Hall–Kier alpha value is -1.28. The highest BCUT2D eigenvalue weighted by molar-refractivity contribution is 7.80. The number of thiol groups is 1. The number of ether oxygens (including phenoxy) is 2. The van der Waals surface area contributed by atoms with E-state index in [2.05, 4.69) is 83.4 Å². The van der Waals surface area contributed by atoms with E-state index in [1.807, 2.05) is 20.8 Å². The van der Waals surface area contributed by atoms with Gasteiger partial charge >= 0.3 is 0 Å². The van der Waals surface area contributed by atoms with Crippen LogP contribution >= 0.6 is 12.6 Å². The third kappa shape index (κ3) is 8.42. The summed E-state index contributed by atoms with van der Waals surface area (Å²) in [6.07, 6.45) is 16.5. The number of aliphatic hydroxyl groups is 1. The Morgan fingerprint density at radius 1 is 1.22 bits per heavy atom. The Labute approximate surface area is 283 Å². The fourth-order valence-corrected chi connectivity index (χ4v) is 9.85. The van der Waals surface area contributed by atoms with Crippen molar-refractivity contribution in [2.75, 3.05) is 32.1 Å². The maximum absolute atomic E-state index is 10.2. The van der Waals surface area contributed by atoms with E-state index < -0.39 is 0 Å². The smallest absolute Gasteiger partial charge is 0.0757 e. The van der Waals surface area contributed by atoms with Crippen molar-refractivity contribution < 1.29 is 14.6 Å². The highest BCUT2D eigenvalue weighted by atomic mass is 32.1. The van der Waals surface area contributed by atoms with E-state index in [0.717, 1.165) is 26.1 Å². The van der Waals surface area contributed by atoms with Gasteiger partial charge < -0.3 is 20.3 Å².